The Morgan fingerprint density at radius 2 is 2.07 bits per heavy atom. The molecule has 1 aromatic carbocycles. The average Bonchev–Trinajstić information content (AvgIpc) is 2.88. The van der Waals surface area contributed by atoms with Gasteiger partial charge in [-0.1, -0.05) is 23.8 Å². The number of benzene rings is 1. The largest absolute Gasteiger partial charge is 0.300 e. The van der Waals surface area contributed by atoms with Gasteiger partial charge in [0, 0.05) is 5.92 Å². The molecule has 1 fully saturated rings. The van der Waals surface area contributed by atoms with Gasteiger partial charge < -0.3 is 0 Å². The maximum absolute atomic E-state index is 11.2. The van der Waals surface area contributed by atoms with Crippen molar-refractivity contribution >= 4 is 5.78 Å². The maximum Gasteiger partial charge on any atom is 0.133 e. The number of aryl methyl sites for hydroxylation is 2. The van der Waals surface area contributed by atoms with Crippen LogP contribution in [0.2, 0.25) is 0 Å². The highest BCUT2D eigenvalue weighted by molar-refractivity contribution is 5.82. The molecule has 0 aromatic heterocycles. The number of ketones is 1. The lowest BCUT2D eigenvalue weighted by atomic mass is 10.00. The van der Waals surface area contributed by atoms with Crippen molar-refractivity contribution in [1.29, 1.82) is 0 Å². The first-order chi connectivity index (χ1) is 6.59. The zero-order valence-corrected chi connectivity index (χ0v) is 9.00. The van der Waals surface area contributed by atoms with E-state index in [1.54, 1.807) is 6.92 Å². The first kappa shape index (κ1) is 9.45. The van der Waals surface area contributed by atoms with Gasteiger partial charge in [0.05, 0.1) is 0 Å². The molecule has 1 saturated carbocycles. The van der Waals surface area contributed by atoms with Gasteiger partial charge in [0.25, 0.3) is 0 Å². The summed E-state index contributed by atoms with van der Waals surface area (Å²) >= 11 is 0. The van der Waals surface area contributed by atoms with Gasteiger partial charge in [0.1, 0.15) is 5.78 Å². The molecule has 14 heavy (non-hydrogen) atoms. The van der Waals surface area contributed by atoms with Gasteiger partial charge in [0.2, 0.25) is 0 Å². The number of Topliss-reactive ketones (excluding diaryl/α,β-unsaturated/α-hetero) is 1. The fourth-order valence-corrected chi connectivity index (χ4v) is 2.15. The molecule has 1 aliphatic carbocycles. The third-order valence-corrected chi connectivity index (χ3v) is 3.15. The van der Waals surface area contributed by atoms with E-state index in [-0.39, 0.29) is 0 Å². The Hall–Kier alpha value is -1.11. The van der Waals surface area contributed by atoms with Crippen molar-refractivity contribution in [2.24, 2.45) is 5.92 Å². The van der Waals surface area contributed by atoms with Gasteiger partial charge in [-0.25, -0.2) is 0 Å². The lowest BCUT2D eigenvalue weighted by Crippen LogP contribution is -1.96. The first-order valence-corrected chi connectivity index (χ1v) is 5.17. The average molecular weight is 188 g/mol. The molecule has 1 aliphatic rings. The van der Waals surface area contributed by atoms with E-state index < -0.39 is 0 Å². The van der Waals surface area contributed by atoms with E-state index in [2.05, 4.69) is 32.0 Å². The molecule has 74 valence electrons. The molecule has 0 radical (unpaired) electrons. The highest BCUT2D eigenvalue weighted by Crippen LogP contribution is 2.49. The molecule has 2 unspecified atom stereocenters. The molecule has 2 rings (SSSR count). The van der Waals surface area contributed by atoms with E-state index >= 15 is 0 Å². The molecule has 0 amide bonds. The fraction of sp³-hybridized carbons (Fsp3) is 0.462. The Bertz CT molecular complexity index is 379. The molecular weight excluding hydrogens is 172 g/mol. The van der Waals surface area contributed by atoms with Crippen molar-refractivity contribution in [3.05, 3.63) is 34.9 Å². The Kier molecular flexibility index (Phi) is 2.18. The summed E-state index contributed by atoms with van der Waals surface area (Å²) in [5.41, 5.74) is 3.99. The lowest BCUT2D eigenvalue weighted by Gasteiger charge is -2.05. The predicted molar refractivity (Wildman–Crippen MR) is 57.4 cm³/mol. The van der Waals surface area contributed by atoms with Crippen LogP contribution in [0.25, 0.3) is 0 Å². The predicted octanol–water partition coefficient (Wildman–Crippen LogP) is 3.00. The molecule has 1 nitrogen and oxygen atoms in total. The van der Waals surface area contributed by atoms with Crippen LogP contribution in [0.15, 0.2) is 18.2 Å². The lowest BCUT2D eigenvalue weighted by molar-refractivity contribution is -0.118. The third kappa shape index (κ3) is 1.59. The summed E-state index contributed by atoms with van der Waals surface area (Å²) in [5.74, 6) is 1.15. The minimum atomic E-state index is 0.301. The number of carbonyl (C=O) groups is 1. The van der Waals surface area contributed by atoms with Crippen LogP contribution >= 0.6 is 0 Å². The highest BCUT2D eigenvalue weighted by Gasteiger charge is 2.42. The Morgan fingerprint density at radius 1 is 1.36 bits per heavy atom. The van der Waals surface area contributed by atoms with E-state index in [1.807, 2.05) is 0 Å². The smallest absolute Gasteiger partial charge is 0.133 e. The summed E-state index contributed by atoms with van der Waals surface area (Å²) in [6, 6.07) is 6.51. The fourth-order valence-electron chi connectivity index (χ4n) is 2.15. The highest BCUT2D eigenvalue weighted by atomic mass is 16.1. The van der Waals surface area contributed by atoms with Crippen molar-refractivity contribution in [2.75, 3.05) is 0 Å². The molecule has 0 spiro atoms. The van der Waals surface area contributed by atoms with E-state index in [0.29, 0.717) is 17.6 Å². The number of hydrogen-bond donors (Lipinski definition) is 0. The summed E-state index contributed by atoms with van der Waals surface area (Å²) in [6.07, 6.45) is 1.06. The SMILES string of the molecule is CC(=O)C1CC1c1cc(C)ccc1C. The van der Waals surface area contributed by atoms with Crippen LogP contribution in [0.3, 0.4) is 0 Å². The first-order valence-electron chi connectivity index (χ1n) is 5.17. The maximum atomic E-state index is 11.2. The normalized spacial score (nSPS) is 24.8. The molecule has 0 saturated heterocycles. The van der Waals surface area contributed by atoms with Gasteiger partial charge in [-0.05, 0) is 44.2 Å². The molecule has 0 N–H and O–H groups in total. The van der Waals surface area contributed by atoms with Crippen molar-refractivity contribution in [3.8, 4) is 0 Å². The van der Waals surface area contributed by atoms with Crippen molar-refractivity contribution in [2.45, 2.75) is 33.1 Å². The van der Waals surface area contributed by atoms with Crippen LogP contribution in [0.5, 0.6) is 0 Å². The molecule has 0 heterocycles. The molecule has 1 aromatic rings. The molecular formula is C13H16O. The van der Waals surface area contributed by atoms with E-state index in [9.17, 15) is 4.79 Å². The molecule has 0 aliphatic heterocycles. The Labute approximate surface area is 85.1 Å². The van der Waals surface area contributed by atoms with Gasteiger partial charge >= 0.3 is 0 Å². The standard InChI is InChI=1S/C13H16O/c1-8-4-5-9(2)11(6-8)13-7-12(13)10(3)14/h4-6,12-13H,7H2,1-3H3. The quantitative estimate of drug-likeness (QED) is 0.697. The van der Waals surface area contributed by atoms with Crippen LogP contribution in [-0.4, -0.2) is 5.78 Å². The van der Waals surface area contributed by atoms with E-state index in [4.69, 9.17) is 0 Å². The van der Waals surface area contributed by atoms with Crippen molar-refractivity contribution < 1.29 is 4.79 Å². The van der Waals surface area contributed by atoms with Crippen LogP contribution in [-0.2, 0) is 4.79 Å². The minimum absolute atomic E-state index is 0.301. The van der Waals surface area contributed by atoms with Gasteiger partial charge in [-0.3, -0.25) is 4.79 Å². The third-order valence-electron chi connectivity index (χ3n) is 3.15. The summed E-state index contributed by atoms with van der Waals surface area (Å²) in [6.45, 7) is 5.94. The van der Waals surface area contributed by atoms with Crippen molar-refractivity contribution in [1.82, 2.24) is 0 Å². The summed E-state index contributed by atoms with van der Waals surface area (Å²) < 4.78 is 0. The Morgan fingerprint density at radius 3 is 2.64 bits per heavy atom. The molecule has 0 bridgehead atoms. The van der Waals surface area contributed by atoms with E-state index in [0.717, 1.165) is 6.42 Å². The zero-order chi connectivity index (χ0) is 10.3. The monoisotopic (exact) mass is 188 g/mol. The van der Waals surface area contributed by atoms with Crippen LogP contribution in [0.1, 0.15) is 36.0 Å². The number of carbonyl (C=O) groups excluding carboxylic acids is 1. The van der Waals surface area contributed by atoms with Crippen LogP contribution in [0, 0.1) is 19.8 Å². The number of rotatable bonds is 2. The Balaban J connectivity index is 2.26. The second kappa shape index (κ2) is 3.23. The van der Waals surface area contributed by atoms with E-state index in [1.165, 1.54) is 16.7 Å². The van der Waals surface area contributed by atoms with Gasteiger partial charge in [0.15, 0.2) is 0 Å². The second-order valence-electron chi connectivity index (χ2n) is 4.42. The van der Waals surface area contributed by atoms with Gasteiger partial charge in [-0.2, -0.15) is 0 Å². The number of hydrogen-bond acceptors (Lipinski definition) is 1. The zero-order valence-electron chi connectivity index (χ0n) is 9.00. The summed E-state index contributed by atoms with van der Waals surface area (Å²) in [5, 5.41) is 0. The summed E-state index contributed by atoms with van der Waals surface area (Å²) in [4.78, 5) is 11.2. The topological polar surface area (TPSA) is 17.1 Å². The summed E-state index contributed by atoms with van der Waals surface area (Å²) in [7, 11) is 0. The molecule has 1 heteroatoms. The minimum Gasteiger partial charge on any atom is -0.300 e. The second-order valence-corrected chi connectivity index (χ2v) is 4.42. The van der Waals surface area contributed by atoms with Crippen LogP contribution < -0.4 is 0 Å². The van der Waals surface area contributed by atoms with Gasteiger partial charge in [-0.15, -0.1) is 0 Å². The molecule has 2 atom stereocenters. The van der Waals surface area contributed by atoms with Crippen LogP contribution in [0.4, 0.5) is 0 Å². The van der Waals surface area contributed by atoms with Crippen molar-refractivity contribution in [3.63, 3.8) is 0 Å².